The molecule has 0 N–H and O–H groups in total. The Hall–Kier alpha value is -3.93. The third-order valence-electron chi connectivity index (χ3n) is 6.42. The van der Waals surface area contributed by atoms with Crippen LogP contribution in [0.15, 0.2) is 85.2 Å². The molecule has 172 valence electrons. The summed E-state index contributed by atoms with van der Waals surface area (Å²) in [4.78, 5) is 20.5. The molecule has 0 radical (unpaired) electrons. The number of ether oxygens (including phenoxy) is 1. The standard InChI is InChI=1S/C28H28N4O2/c1-34-27-15-5-4-12-24(27)26-14-6-13-25(30-26)22-10-7-17-31(19-22)28(33)23-11-3-2-9-21(23)20-32-18-8-16-29-32/h2-6,8-9,11-16,18,22H,7,10,17,19-20H2,1H3. The largest absolute Gasteiger partial charge is 0.496 e. The summed E-state index contributed by atoms with van der Waals surface area (Å²) in [7, 11) is 1.68. The lowest BCUT2D eigenvalue weighted by Crippen LogP contribution is -2.39. The number of pyridine rings is 1. The summed E-state index contributed by atoms with van der Waals surface area (Å²) in [6, 6.07) is 23.8. The molecule has 0 saturated carbocycles. The number of rotatable bonds is 6. The Kier molecular flexibility index (Phi) is 6.38. The fraction of sp³-hybridized carbons (Fsp3) is 0.250. The van der Waals surface area contributed by atoms with Gasteiger partial charge in [0, 0.05) is 48.2 Å². The van der Waals surface area contributed by atoms with Gasteiger partial charge in [-0.2, -0.15) is 5.10 Å². The smallest absolute Gasteiger partial charge is 0.254 e. The van der Waals surface area contributed by atoms with Crippen molar-refractivity contribution in [2.24, 2.45) is 0 Å². The van der Waals surface area contributed by atoms with Crippen LogP contribution < -0.4 is 4.74 Å². The maximum absolute atomic E-state index is 13.6. The SMILES string of the molecule is COc1ccccc1-c1cccc(C2CCCN(C(=O)c3ccccc3Cn3cccn3)C2)n1. The van der Waals surface area contributed by atoms with E-state index in [1.807, 2.05) is 82.5 Å². The van der Waals surface area contributed by atoms with Crippen molar-refractivity contribution in [3.63, 3.8) is 0 Å². The van der Waals surface area contributed by atoms with E-state index in [1.54, 1.807) is 13.3 Å². The minimum absolute atomic E-state index is 0.0772. The zero-order valence-electron chi connectivity index (χ0n) is 19.3. The van der Waals surface area contributed by atoms with Gasteiger partial charge in [-0.15, -0.1) is 0 Å². The molecule has 1 aliphatic heterocycles. The van der Waals surface area contributed by atoms with Gasteiger partial charge in [-0.1, -0.05) is 36.4 Å². The van der Waals surface area contributed by atoms with E-state index in [0.29, 0.717) is 13.1 Å². The normalized spacial score (nSPS) is 15.8. The topological polar surface area (TPSA) is 60.2 Å². The lowest BCUT2D eigenvalue weighted by molar-refractivity contribution is 0.0704. The van der Waals surface area contributed by atoms with Gasteiger partial charge in [0.2, 0.25) is 0 Å². The van der Waals surface area contributed by atoms with E-state index in [1.165, 1.54) is 0 Å². The average Bonchev–Trinajstić information content (AvgIpc) is 3.42. The van der Waals surface area contributed by atoms with Gasteiger partial charge in [-0.25, -0.2) is 0 Å². The highest BCUT2D eigenvalue weighted by molar-refractivity contribution is 5.95. The number of benzene rings is 2. The molecule has 5 rings (SSSR count). The van der Waals surface area contributed by atoms with Gasteiger partial charge in [0.1, 0.15) is 5.75 Å². The second-order valence-electron chi connectivity index (χ2n) is 8.60. The van der Waals surface area contributed by atoms with Crippen molar-refractivity contribution in [2.75, 3.05) is 20.2 Å². The van der Waals surface area contributed by atoms with Crippen molar-refractivity contribution >= 4 is 5.91 Å². The molecule has 2 aromatic heterocycles. The van der Waals surface area contributed by atoms with Gasteiger partial charge in [0.25, 0.3) is 5.91 Å². The number of para-hydroxylation sites is 1. The predicted octanol–water partition coefficient (Wildman–Crippen LogP) is 5.02. The molecular weight excluding hydrogens is 424 g/mol. The number of amides is 1. The van der Waals surface area contributed by atoms with Crippen LogP contribution >= 0.6 is 0 Å². The number of hydrogen-bond donors (Lipinski definition) is 0. The van der Waals surface area contributed by atoms with Crippen LogP contribution in [0.2, 0.25) is 0 Å². The molecular formula is C28H28N4O2. The lowest BCUT2D eigenvalue weighted by atomic mass is 9.93. The van der Waals surface area contributed by atoms with Crippen molar-refractivity contribution in [1.82, 2.24) is 19.7 Å². The highest BCUT2D eigenvalue weighted by Crippen LogP contribution is 2.32. The minimum Gasteiger partial charge on any atom is -0.496 e. The van der Waals surface area contributed by atoms with Crippen molar-refractivity contribution in [3.05, 3.63) is 102 Å². The molecule has 1 amide bonds. The highest BCUT2D eigenvalue weighted by atomic mass is 16.5. The molecule has 0 spiro atoms. The van der Waals surface area contributed by atoms with Crippen LogP contribution in [-0.4, -0.2) is 45.8 Å². The number of carbonyl (C=O) groups is 1. The van der Waals surface area contributed by atoms with E-state index in [2.05, 4.69) is 11.2 Å². The van der Waals surface area contributed by atoms with Crippen LogP contribution in [-0.2, 0) is 6.54 Å². The summed E-state index contributed by atoms with van der Waals surface area (Å²) < 4.78 is 7.38. The van der Waals surface area contributed by atoms with Crippen LogP contribution in [0.4, 0.5) is 0 Å². The molecule has 1 saturated heterocycles. The quantitative estimate of drug-likeness (QED) is 0.412. The van der Waals surface area contributed by atoms with Gasteiger partial charge >= 0.3 is 0 Å². The Balaban J connectivity index is 1.37. The summed E-state index contributed by atoms with van der Waals surface area (Å²) in [5, 5.41) is 4.30. The molecule has 3 heterocycles. The van der Waals surface area contributed by atoms with Crippen molar-refractivity contribution in [1.29, 1.82) is 0 Å². The third kappa shape index (κ3) is 4.57. The Morgan fingerprint density at radius 3 is 2.74 bits per heavy atom. The fourth-order valence-corrected chi connectivity index (χ4v) is 4.69. The van der Waals surface area contributed by atoms with Gasteiger partial charge in [0.15, 0.2) is 0 Å². The molecule has 0 aliphatic carbocycles. The molecule has 1 aliphatic rings. The number of carbonyl (C=O) groups excluding carboxylic acids is 1. The van der Waals surface area contributed by atoms with Crippen LogP contribution in [0, 0.1) is 0 Å². The number of methoxy groups -OCH3 is 1. The molecule has 6 nitrogen and oxygen atoms in total. The fourth-order valence-electron chi connectivity index (χ4n) is 4.69. The van der Waals surface area contributed by atoms with Gasteiger partial charge in [0.05, 0.1) is 19.3 Å². The summed E-state index contributed by atoms with van der Waals surface area (Å²) in [6.45, 7) is 2.00. The lowest BCUT2D eigenvalue weighted by Gasteiger charge is -2.33. The first-order chi connectivity index (χ1) is 16.7. The first-order valence-corrected chi connectivity index (χ1v) is 11.7. The zero-order chi connectivity index (χ0) is 23.3. The van der Waals surface area contributed by atoms with E-state index >= 15 is 0 Å². The van der Waals surface area contributed by atoms with E-state index in [-0.39, 0.29) is 11.8 Å². The van der Waals surface area contributed by atoms with E-state index in [4.69, 9.17) is 9.72 Å². The molecule has 1 unspecified atom stereocenters. The monoisotopic (exact) mass is 452 g/mol. The second-order valence-corrected chi connectivity index (χ2v) is 8.60. The van der Waals surface area contributed by atoms with E-state index in [0.717, 1.165) is 53.2 Å². The van der Waals surface area contributed by atoms with Gasteiger partial charge in [-0.05, 0) is 54.8 Å². The summed E-state index contributed by atoms with van der Waals surface area (Å²) in [5.41, 5.74) is 4.61. The summed E-state index contributed by atoms with van der Waals surface area (Å²) in [5.74, 6) is 1.08. The number of aromatic nitrogens is 3. The average molecular weight is 453 g/mol. The molecule has 2 aromatic carbocycles. The predicted molar refractivity (Wildman–Crippen MR) is 132 cm³/mol. The molecule has 0 bridgehead atoms. The Bertz CT molecular complexity index is 1270. The van der Waals surface area contributed by atoms with Crippen LogP contribution in [0.5, 0.6) is 5.75 Å². The second kappa shape index (κ2) is 9.91. The number of nitrogens with zero attached hydrogens (tertiary/aromatic N) is 4. The zero-order valence-corrected chi connectivity index (χ0v) is 19.3. The van der Waals surface area contributed by atoms with E-state index < -0.39 is 0 Å². The van der Waals surface area contributed by atoms with Crippen molar-refractivity contribution < 1.29 is 9.53 Å². The number of hydrogen-bond acceptors (Lipinski definition) is 4. The summed E-state index contributed by atoms with van der Waals surface area (Å²) in [6.07, 6.45) is 5.64. The molecule has 4 aromatic rings. The third-order valence-corrected chi connectivity index (χ3v) is 6.42. The first kappa shape index (κ1) is 21.9. The van der Waals surface area contributed by atoms with Gasteiger partial charge in [-0.3, -0.25) is 14.5 Å². The van der Waals surface area contributed by atoms with Crippen molar-refractivity contribution in [3.8, 4) is 17.0 Å². The Morgan fingerprint density at radius 2 is 1.88 bits per heavy atom. The molecule has 6 heteroatoms. The summed E-state index contributed by atoms with van der Waals surface area (Å²) >= 11 is 0. The number of piperidine rings is 1. The molecule has 34 heavy (non-hydrogen) atoms. The van der Waals surface area contributed by atoms with Crippen LogP contribution in [0.3, 0.4) is 0 Å². The van der Waals surface area contributed by atoms with Crippen molar-refractivity contribution in [2.45, 2.75) is 25.3 Å². The molecule has 1 atom stereocenters. The maximum atomic E-state index is 13.6. The Morgan fingerprint density at radius 1 is 1.03 bits per heavy atom. The molecule has 1 fully saturated rings. The highest BCUT2D eigenvalue weighted by Gasteiger charge is 2.27. The Labute approximate surface area is 199 Å². The van der Waals surface area contributed by atoms with Crippen LogP contribution in [0.1, 0.15) is 40.4 Å². The van der Waals surface area contributed by atoms with Gasteiger partial charge < -0.3 is 9.64 Å². The number of likely N-dealkylation sites (tertiary alicyclic amines) is 1. The maximum Gasteiger partial charge on any atom is 0.254 e. The van der Waals surface area contributed by atoms with E-state index in [9.17, 15) is 4.79 Å². The van der Waals surface area contributed by atoms with Crippen LogP contribution in [0.25, 0.3) is 11.3 Å². The minimum atomic E-state index is 0.0772. The first-order valence-electron chi connectivity index (χ1n) is 11.7.